The van der Waals surface area contributed by atoms with E-state index in [2.05, 4.69) is 40.7 Å². The topological polar surface area (TPSA) is 40.5 Å². The Morgan fingerprint density at radius 3 is 2.38 bits per heavy atom. The molecular weight excluding hydrogens is 320 g/mol. The van der Waals surface area contributed by atoms with Crippen LogP contribution in [0.5, 0.6) is 11.5 Å². The van der Waals surface area contributed by atoms with Gasteiger partial charge in [0.2, 0.25) is 0 Å². The molecule has 1 saturated carbocycles. The van der Waals surface area contributed by atoms with Crippen LogP contribution in [0.4, 0.5) is 0 Å². The molecule has 1 aromatic rings. The number of phenolic OH excluding ortho intramolecular Hbond substituents is 2. The third-order valence-electron chi connectivity index (χ3n) is 7.47. The fourth-order valence-corrected chi connectivity index (χ4v) is 5.70. The number of allylic oxidation sites excluding steroid dienone is 2. The van der Waals surface area contributed by atoms with E-state index < -0.39 is 0 Å². The van der Waals surface area contributed by atoms with Crippen molar-refractivity contribution in [3.8, 4) is 11.5 Å². The Labute approximate surface area is 159 Å². The number of benzene rings is 1. The van der Waals surface area contributed by atoms with Crippen molar-refractivity contribution in [2.75, 3.05) is 0 Å². The first-order valence-corrected chi connectivity index (χ1v) is 10.5. The number of aromatic hydroxyl groups is 2. The van der Waals surface area contributed by atoms with E-state index in [9.17, 15) is 10.2 Å². The summed E-state index contributed by atoms with van der Waals surface area (Å²) < 4.78 is 0. The molecule has 0 saturated heterocycles. The molecule has 0 amide bonds. The normalized spacial score (nSPS) is 30.7. The largest absolute Gasteiger partial charge is 0.508 e. The van der Waals surface area contributed by atoms with Crippen LogP contribution in [0.2, 0.25) is 0 Å². The molecule has 0 spiro atoms. The number of hydrogen-bond acceptors (Lipinski definition) is 2. The van der Waals surface area contributed by atoms with Gasteiger partial charge >= 0.3 is 0 Å². The van der Waals surface area contributed by atoms with Crippen LogP contribution in [-0.4, -0.2) is 10.2 Å². The van der Waals surface area contributed by atoms with Crippen LogP contribution in [0.25, 0.3) is 0 Å². The highest BCUT2D eigenvalue weighted by Gasteiger charge is 2.61. The maximum Gasteiger partial charge on any atom is 0.123 e. The Balaban J connectivity index is 1.97. The lowest BCUT2D eigenvalue weighted by atomic mass is 9.40. The predicted molar refractivity (Wildman–Crippen MR) is 109 cm³/mol. The number of aryl methyl sites for hydroxylation is 1. The van der Waals surface area contributed by atoms with E-state index >= 15 is 0 Å². The zero-order valence-electron chi connectivity index (χ0n) is 17.2. The van der Waals surface area contributed by atoms with Crippen LogP contribution in [0, 0.1) is 23.2 Å². The van der Waals surface area contributed by atoms with Gasteiger partial charge in [-0.1, -0.05) is 52.2 Å². The second kappa shape index (κ2) is 7.29. The van der Waals surface area contributed by atoms with Gasteiger partial charge in [-0.3, -0.25) is 0 Å². The summed E-state index contributed by atoms with van der Waals surface area (Å²) in [5.74, 6) is 2.40. The van der Waals surface area contributed by atoms with Crippen LogP contribution in [0.3, 0.4) is 0 Å². The number of fused-ring (bicyclic) bond motifs is 1. The van der Waals surface area contributed by atoms with Crippen molar-refractivity contribution in [2.24, 2.45) is 23.2 Å². The fourth-order valence-electron chi connectivity index (χ4n) is 5.70. The molecule has 0 aliphatic heterocycles. The van der Waals surface area contributed by atoms with Crippen LogP contribution in [-0.2, 0) is 6.42 Å². The summed E-state index contributed by atoms with van der Waals surface area (Å²) in [5.41, 5.74) is 3.42. The lowest BCUT2D eigenvalue weighted by molar-refractivity contribution is -0.0857. The first-order chi connectivity index (χ1) is 12.3. The highest BCUT2D eigenvalue weighted by Crippen LogP contribution is 2.69. The zero-order valence-corrected chi connectivity index (χ0v) is 17.2. The zero-order chi connectivity index (χ0) is 19.1. The Hall–Kier alpha value is -1.44. The molecule has 1 unspecified atom stereocenters. The molecule has 4 atom stereocenters. The average molecular weight is 357 g/mol. The van der Waals surface area contributed by atoms with Gasteiger partial charge in [-0.15, -0.1) is 0 Å². The Morgan fingerprint density at radius 1 is 1.15 bits per heavy atom. The highest BCUT2D eigenvalue weighted by molar-refractivity contribution is 5.52. The standard InChI is InChI=1S/C24H36O2/c1-6-7-8-9-17-13-20(25)22(21(26)14-17)23-18-12-16(4)10-11-19(18)24(23,5)15(2)3/h12-15,18-19,23,25-26H,6-11H2,1-5H3/t18?,19-,23-,24-/m0/s1. The van der Waals surface area contributed by atoms with Gasteiger partial charge in [0.25, 0.3) is 0 Å². The van der Waals surface area contributed by atoms with Crippen molar-refractivity contribution in [3.05, 3.63) is 34.9 Å². The van der Waals surface area contributed by atoms with Gasteiger partial charge in [-0.2, -0.15) is 0 Å². The van der Waals surface area contributed by atoms with Gasteiger partial charge < -0.3 is 10.2 Å². The second-order valence-electron chi connectivity index (χ2n) is 9.24. The molecule has 0 aromatic heterocycles. The van der Waals surface area contributed by atoms with Gasteiger partial charge in [0.1, 0.15) is 11.5 Å². The lowest BCUT2D eigenvalue weighted by Gasteiger charge is -2.63. The predicted octanol–water partition coefficient (Wildman–Crippen LogP) is 6.56. The monoisotopic (exact) mass is 356 g/mol. The maximum absolute atomic E-state index is 10.9. The number of rotatable bonds is 6. The minimum Gasteiger partial charge on any atom is -0.508 e. The molecule has 2 nitrogen and oxygen atoms in total. The molecule has 144 valence electrons. The van der Waals surface area contributed by atoms with Gasteiger partial charge in [0.05, 0.1) is 0 Å². The fraction of sp³-hybridized carbons (Fsp3) is 0.667. The van der Waals surface area contributed by atoms with E-state index in [1.54, 1.807) is 0 Å². The first kappa shape index (κ1) is 19.3. The van der Waals surface area contributed by atoms with E-state index in [0.29, 0.717) is 29.3 Å². The van der Waals surface area contributed by atoms with Gasteiger partial charge in [0.15, 0.2) is 0 Å². The summed E-state index contributed by atoms with van der Waals surface area (Å²) in [7, 11) is 0. The smallest absolute Gasteiger partial charge is 0.123 e. The average Bonchev–Trinajstić information content (AvgIpc) is 2.57. The van der Waals surface area contributed by atoms with Crippen molar-refractivity contribution in [3.63, 3.8) is 0 Å². The molecule has 26 heavy (non-hydrogen) atoms. The summed E-state index contributed by atoms with van der Waals surface area (Å²) in [5, 5.41) is 21.7. The number of hydrogen-bond donors (Lipinski definition) is 2. The van der Waals surface area contributed by atoms with E-state index in [1.807, 2.05) is 12.1 Å². The summed E-state index contributed by atoms with van der Waals surface area (Å²) in [4.78, 5) is 0. The molecule has 1 aromatic carbocycles. The summed E-state index contributed by atoms with van der Waals surface area (Å²) in [6, 6.07) is 3.80. The third kappa shape index (κ3) is 3.06. The van der Waals surface area contributed by atoms with Crippen molar-refractivity contribution < 1.29 is 10.2 Å². The molecular formula is C24H36O2. The number of phenols is 2. The van der Waals surface area contributed by atoms with Crippen molar-refractivity contribution in [1.82, 2.24) is 0 Å². The molecule has 0 bridgehead atoms. The second-order valence-corrected chi connectivity index (χ2v) is 9.24. The molecule has 0 heterocycles. The molecule has 2 aliphatic rings. The van der Waals surface area contributed by atoms with Crippen molar-refractivity contribution in [2.45, 2.75) is 79.1 Å². The Bertz CT molecular complexity index is 664. The van der Waals surface area contributed by atoms with Crippen LogP contribution in [0.15, 0.2) is 23.8 Å². The number of unbranched alkanes of at least 4 members (excludes halogenated alkanes) is 2. The van der Waals surface area contributed by atoms with Crippen LogP contribution in [0.1, 0.15) is 83.8 Å². The molecule has 2 aliphatic carbocycles. The van der Waals surface area contributed by atoms with E-state index in [4.69, 9.17) is 0 Å². The van der Waals surface area contributed by atoms with Crippen LogP contribution < -0.4 is 0 Å². The Kier molecular flexibility index (Phi) is 5.42. The third-order valence-corrected chi connectivity index (χ3v) is 7.47. The molecule has 3 rings (SSSR count). The summed E-state index contributed by atoms with van der Waals surface area (Å²) >= 11 is 0. The molecule has 0 radical (unpaired) electrons. The van der Waals surface area contributed by atoms with Crippen LogP contribution >= 0.6 is 0 Å². The minimum atomic E-state index is 0.126. The van der Waals surface area contributed by atoms with Crippen molar-refractivity contribution >= 4 is 0 Å². The van der Waals surface area contributed by atoms with Crippen molar-refractivity contribution in [1.29, 1.82) is 0 Å². The summed E-state index contributed by atoms with van der Waals surface area (Å²) in [6.45, 7) is 11.4. The first-order valence-electron chi connectivity index (χ1n) is 10.5. The molecule has 2 N–H and O–H groups in total. The van der Waals surface area contributed by atoms with Gasteiger partial charge in [-0.25, -0.2) is 0 Å². The Morgan fingerprint density at radius 2 is 1.81 bits per heavy atom. The van der Waals surface area contributed by atoms with Gasteiger partial charge in [0, 0.05) is 11.5 Å². The van der Waals surface area contributed by atoms with E-state index in [0.717, 1.165) is 24.0 Å². The summed E-state index contributed by atoms with van der Waals surface area (Å²) in [6.07, 6.45) is 9.22. The van der Waals surface area contributed by atoms with Gasteiger partial charge in [-0.05, 0) is 73.5 Å². The molecule has 1 fully saturated rings. The quantitative estimate of drug-likeness (QED) is 0.447. The maximum atomic E-state index is 10.9. The minimum absolute atomic E-state index is 0.126. The SMILES string of the molecule is CCCCCc1cc(O)c([C@@H]2C3C=C(C)CC[C@@H]3[C@]2(C)C(C)C)c(O)c1. The van der Waals surface area contributed by atoms with E-state index in [1.165, 1.54) is 31.3 Å². The lowest BCUT2D eigenvalue weighted by Crippen LogP contribution is -2.56. The highest BCUT2D eigenvalue weighted by atomic mass is 16.3. The molecule has 2 heteroatoms. The van der Waals surface area contributed by atoms with E-state index in [-0.39, 0.29) is 11.3 Å².